The van der Waals surface area contributed by atoms with Gasteiger partial charge in [-0.2, -0.15) is 0 Å². The standard InChI is InChI=1S/C17H38NO2.HI/c1-6-11-12-16(7-2)14-20-15-17(19)13-18(8-3,9-4)10-5;/h16-17,19H,6-15H2,1-5H3;1H/q+1;/p-1. The summed E-state index contributed by atoms with van der Waals surface area (Å²) in [4.78, 5) is 0. The molecule has 0 radical (unpaired) electrons. The Labute approximate surface area is 150 Å². The van der Waals surface area contributed by atoms with Crippen LogP contribution in [-0.2, 0) is 4.74 Å². The molecular weight excluding hydrogens is 377 g/mol. The van der Waals surface area contributed by atoms with E-state index in [1.807, 2.05) is 0 Å². The van der Waals surface area contributed by atoms with Gasteiger partial charge < -0.3 is 38.3 Å². The molecule has 0 aliphatic carbocycles. The number of nitrogens with zero attached hydrogens (tertiary/aromatic N) is 1. The van der Waals surface area contributed by atoms with Crippen molar-refractivity contribution in [1.82, 2.24) is 0 Å². The lowest BCUT2D eigenvalue weighted by Crippen LogP contribution is -3.00. The highest BCUT2D eigenvalue weighted by Crippen LogP contribution is 2.13. The summed E-state index contributed by atoms with van der Waals surface area (Å²) in [5.74, 6) is 0.657. The van der Waals surface area contributed by atoms with Gasteiger partial charge in [0.2, 0.25) is 0 Å². The zero-order valence-electron chi connectivity index (χ0n) is 14.9. The van der Waals surface area contributed by atoms with Gasteiger partial charge in [0, 0.05) is 6.61 Å². The first-order chi connectivity index (χ1) is 9.57. The van der Waals surface area contributed by atoms with Gasteiger partial charge >= 0.3 is 0 Å². The third-order valence-corrected chi connectivity index (χ3v) is 4.82. The molecule has 2 atom stereocenters. The second-order valence-electron chi connectivity index (χ2n) is 6.08. The molecule has 0 spiro atoms. The van der Waals surface area contributed by atoms with Gasteiger partial charge in [-0.05, 0) is 33.1 Å². The molecule has 3 nitrogen and oxygen atoms in total. The third kappa shape index (κ3) is 10.1. The zero-order chi connectivity index (χ0) is 15.4. The lowest BCUT2D eigenvalue weighted by atomic mass is 10.0. The number of likely N-dealkylation sites (N-methyl/N-ethyl adjacent to an activating group) is 1. The van der Waals surface area contributed by atoms with E-state index in [1.54, 1.807) is 0 Å². The first-order valence-corrected chi connectivity index (χ1v) is 8.68. The quantitative estimate of drug-likeness (QED) is 0.350. The first kappa shape index (κ1) is 23.9. The van der Waals surface area contributed by atoms with Crippen molar-refractivity contribution in [3.63, 3.8) is 0 Å². The van der Waals surface area contributed by atoms with E-state index >= 15 is 0 Å². The van der Waals surface area contributed by atoms with Crippen LogP contribution in [0.5, 0.6) is 0 Å². The fourth-order valence-electron chi connectivity index (χ4n) is 2.83. The number of quaternary nitrogens is 1. The van der Waals surface area contributed by atoms with E-state index in [4.69, 9.17) is 4.74 Å². The summed E-state index contributed by atoms with van der Waals surface area (Å²) in [7, 11) is 0. The second-order valence-corrected chi connectivity index (χ2v) is 6.08. The number of halogens is 1. The van der Waals surface area contributed by atoms with E-state index in [1.165, 1.54) is 25.7 Å². The summed E-state index contributed by atoms with van der Waals surface area (Å²) < 4.78 is 6.75. The van der Waals surface area contributed by atoms with E-state index in [-0.39, 0.29) is 30.1 Å². The van der Waals surface area contributed by atoms with E-state index < -0.39 is 0 Å². The van der Waals surface area contributed by atoms with Crippen molar-refractivity contribution in [3.8, 4) is 0 Å². The van der Waals surface area contributed by atoms with Crippen molar-refractivity contribution in [2.75, 3.05) is 39.4 Å². The van der Waals surface area contributed by atoms with Crippen molar-refractivity contribution >= 4 is 0 Å². The van der Waals surface area contributed by atoms with Crippen LogP contribution in [0.3, 0.4) is 0 Å². The minimum Gasteiger partial charge on any atom is -1.00 e. The maximum absolute atomic E-state index is 10.2. The normalized spacial score (nSPS) is 14.6. The average Bonchev–Trinajstić information content (AvgIpc) is 2.48. The lowest BCUT2D eigenvalue weighted by molar-refractivity contribution is -0.926. The van der Waals surface area contributed by atoms with Crippen LogP contribution in [0.25, 0.3) is 0 Å². The van der Waals surface area contributed by atoms with Crippen molar-refractivity contribution in [2.24, 2.45) is 5.92 Å². The summed E-state index contributed by atoms with van der Waals surface area (Å²) in [6.07, 6.45) is 4.63. The van der Waals surface area contributed by atoms with Crippen molar-refractivity contribution in [2.45, 2.75) is 66.4 Å². The monoisotopic (exact) mass is 415 g/mol. The van der Waals surface area contributed by atoms with Crippen molar-refractivity contribution in [1.29, 1.82) is 0 Å². The Balaban J connectivity index is 0. The summed E-state index contributed by atoms with van der Waals surface area (Å²) in [5.41, 5.74) is 0. The molecule has 1 N–H and O–H groups in total. The number of rotatable bonds is 13. The summed E-state index contributed by atoms with van der Waals surface area (Å²) in [5, 5.41) is 10.2. The van der Waals surface area contributed by atoms with Crippen LogP contribution in [0.15, 0.2) is 0 Å². The summed E-state index contributed by atoms with van der Waals surface area (Å²) in [6, 6.07) is 0. The molecule has 0 rings (SSSR count). The topological polar surface area (TPSA) is 29.5 Å². The maximum atomic E-state index is 10.2. The molecule has 0 bridgehead atoms. The van der Waals surface area contributed by atoms with Gasteiger partial charge in [-0.15, -0.1) is 0 Å². The van der Waals surface area contributed by atoms with Crippen molar-refractivity contribution in [3.05, 3.63) is 0 Å². The highest BCUT2D eigenvalue weighted by molar-refractivity contribution is 4.58. The van der Waals surface area contributed by atoms with Gasteiger partial charge in [-0.1, -0.05) is 33.1 Å². The number of ether oxygens (including phenoxy) is 1. The first-order valence-electron chi connectivity index (χ1n) is 8.68. The molecule has 0 saturated heterocycles. The Morgan fingerprint density at radius 3 is 1.95 bits per heavy atom. The van der Waals surface area contributed by atoms with Crippen LogP contribution in [0, 0.1) is 5.92 Å². The van der Waals surface area contributed by atoms with Crippen LogP contribution < -0.4 is 24.0 Å². The highest BCUT2D eigenvalue weighted by Gasteiger charge is 2.25. The maximum Gasteiger partial charge on any atom is 0.126 e. The Morgan fingerprint density at radius 2 is 1.52 bits per heavy atom. The Morgan fingerprint density at radius 1 is 0.952 bits per heavy atom. The number of aliphatic hydroxyl groups excluding tert-OH is 1. The van der Waals surface area contributed by atoms with Crippen LogP contribution in [0.4, 0.5) is 0 Å². The van der Waals surface area contributed by atoms with Gasteiger partial charge in [-0.3, -0.25) is 0 Å². The summed E-state index contributed by atoms with van der Waals surface area (Å²) >= 11 is 0. The molecular formula is C17H38INO2. The van der Waals surface area contributed by atoms with E-state index in [2.05, 4.69) is 34.6 Å². The smallest absolute Gasteiger partial charge is 0.126 e. The van der Waals surface area contributed by atoms with Gasteiger partial charge in [0.1, 0.15) is 12.6 Å². The zero-order valence-corrected chi connectivity index (χ0v) is 17.1. The molecule has 21 heavy (non-hydrogen) atoms. The number of aliphatic hydroxyl groups is 1. The Bertz CT molecular complexity index is 215. The molecule has 0 heterocycles. The molecule has 0 aliphatic heterocycles. The van der Waals surface area contributed by atoms with Crippen molar-refractivity contribution < 1.29 is 38.3 Å². The average molecular weight is 415 g/mol. The number of unbranched alkanes of at least 4 members (excludes halogenated alkanes) is 1. The summed E-state index contributed by atoms with van der Waals surface area (Å²) in [6.45, 7) is 16.4. The molecule has 2 unspecified atom stereocenters. The van der Waals surface area contributed by atoms with Crippen LogP contribution in [0.2, 0.25) is 0 Å². The molecule has 0 aromatic heterocycles. The third-order valence-electron chi connectivity index (χ3n) is 4.82. The van der Waals surface area contributed by atoms with Gasteiger partial charge in [0.15, 0.2) is 0 Å². The van der Waals surface area contributed by atoms with E-state index in [0.29, 0.717) is 12.5 Å². The molecule has 4 heteroatoms. The predicted octanol–water partition coefficient (Wildman–Crippen LogP) is 0.461. The minimum absolute atomic E-state index is 0. The lowest BCUT2D eigenvalue weighted by Gasteiger charge is -2.37. The van der Waals surface area contributed by atoms with E-state index in [9.17, 15) is 5.11 Å². The van der Waals surface area contributed by atoms with Crippen LogP contribution >= 0.6 is 0 Å². The SMILES string of the molecule is CCCCC(CC)COCC(O)C[N+](CC)(CC)CC.[I-]. The molecule has 0 fully saturated rings. The number of hydrogen-bond donors (Lipinski definition) is 1. The van der Waals surface area contributed by atoms with Gasteiger partial charge in [0.25, 0.3) is 0 Å². The molecule has 0 aromatic rings. The Kier molecular flexibility index (Phi) is 16.2. The highest BCUT2D eigenvalue weighted by atomic mass is 127. The van der Waals surface area contributed by atoms with E-state index in [0.717, 1.165) is 37.3 Å². The fraction of sp³-hybridized carbons (Fsp3) is 1.00. The molecule has 0 aliphatic rings. The fourth-order valence-corrected chi connectivity index (χ4v) is 2.83. The molecule has 0 saturated carbocycles. The molecule has 0 aromatic carbocycles. The second kappa shape index (κ2) is 14.2. The molecule has 130 valence electrons. The number of hydrogen-bond acceptors (Lipinski definition) is 2. The van der Waals surface area contributed by atoms with Gasteiger partial charge in [0.05, 0.1) is 26.2 Å². The molecule has 0 amide bonds. The Hall–Kier alpha value is 0.610. The largest absolute Gasteiger partial charge is 1.00 e. The predicted molar refractivity (Wildman–Crippen MR) is 86.9 cm³/mol. The van der Waals surface area contributed by atoms with Crippen LogP contribution in [0.1, 0.15) is 60.3 Å². The van der Waals surface area contributed by atoms with Gasteiger partial charge in [-0.25, -0.2) is 0 Å². The minimum atomic E-state index is -0.335. The van der Waals surface area contributed by atoms with Crippen LogP contribution in [-0.4, -0.2) is 55.1 Å².